The molecule has 1 aromatic carbocycles. The second-order valence-corrected chi connectivity index (χ2v) is 6.08. The minimum Gasteiger partial charge on any atom is -0.392 e. The SMILES string of the molecule is O=[N+]([O-])c1ccc(S(=O)(=O)N2CC[C@H](O)C2)c(F)c1. The molecule has 1 aromatic rings. The van der Waals surface area contributed by atoms with Gasteiger partial charge in [0.1, 0.15) is 10.7 Å². The highest BCUT2D eigenvalue weighted by Gasteiger charge is 2.33. The zero-order valence-corrected chi connectivity index (χ0v) is 10.5. The fourth-order valence-corrected chi connectivity index (χ4v) is 3.42. The maximum atomic E-state index is 13.7. The van der Waals surface area contributed by atoms with Crippen molar-refractivity contribution in [1.82, 2.24) is 4.31 Å². The van der Waals surface area contributed by atoms with Crippen LogP contribution in [0.25, 0.3) is 0 Å². The summed E-state index contributed by atoms with van der Waals surface area (Å²) in [5.74, 6) is -1.17. The van der Waals surface area contributed by atoms with E-state index < -0.39 is 37.5 Å². The molecule has 1 aliphatic rings. The van der Waals surface area contributed by atoms with E-state index in [-0.39, 0.29) is 19.5 Å². The molecule has 0 bridgehead atoms. The maximum Gasteiger partial charge on any atom is 0.272 e. The molecule has 0 spiro atoms. The van der Waals surface area contributed by atoms with Gasteiger partial charge in [0.15, 0.2) is 0 Å². The molecular formula is C10H11FN2O5S. The molecule has 2 rings (SSSR count). The molecule has 0 unspecified atom stereocenters. The van der Waals surface area contributed by atoms with E-state index >= 15 is 0 Å². The minimum atomic E-state index is -4.07. The summed E-state index contributed by atoms with van der Waals surface area (Å²) in [6.45, 7) is -0.00130. The largest absolute Gasteiger partial charge is 0.392 e. The van der Waals surface area contributed by atoms with Crippen LogP contribution in [0, 0.1) is 15.9 Å². The Morgan fingerprint density at radius 3 is 2.63 bits per heavy atom. The van der Waals surface area contributed by atoms with Crippen molar-refractivity contribution in [2.24, 2.45) is 0 Å². The summed E-state index contributed by atoms with van der Waals surface area (Å²) in [5, 5.41) is 19.8. The van der Waals surface area contributed by atoms with Crippen molar-refractivity contribution in [2.75, 3.05) is 13.1 Å². The molecule has 1 N–H and O–H groups in total. The molecule has 9 heteroatoms. The summed E-state index contributed by atoms with van der Waals surface area (Å²) in [5.41, 5.74) is -0.516. The number of aliphatic hydroxyl groups is 1. The Morgan fingerprint density at radius 1 is 1.47 bits per heavy atom. The van der Waals surface area contributed by atoms with E-state index in [0.29, 0.717) is 6.07 Å². The zero-order chi connectivity index (χ0) is 14.2. The first-order valence-electron chi connectivity index (χ1n) is 5.44. The average Bonchev–Trinajstić information content (AvgIpc) is 2.76. The van der Waals surface area contributed by atoms with Crippen LogP contribution in [0.15, 0.2) is 23.1 Å². The minimum absolute atomic E-state index is 0.0972. The molecule has 0 saturated carbocycles. The van der Waals surface area contributed by atoms with Crippen LogP contribution >= 0.6 is 0 Å². The third kappa shape index (κ3) is 2.57. The van der Waals surface area contributed by atoms with Gasteiger partial charge in [-0.05, 0) is 12.5 Å². The predicted molar refractivity (Wildman–Crippen MR) is 62.4 cm³/mol. The highest BCUT2D eigenvalue weighted by atomic mass is 32.2. The molecule has 104 valence electrons. The number of rotatable bonds is 3. The quantitative estimate of drug-likeness (QED) is 0.645. The zero-order valence-electron chi connectivity index (χ0n) is 9.69. The Bertz CT molecular complexity index is 618. The molecule has 0 aliphatic carbocycles. The van der Waals surface area contributed by atoms with Gasteiger partial charge < -0.3 is 5.11 Å². The van der Waals surface area contributed by atoms with Crippen molar-refractivity contribution in [3.8, 4) is 0 Å². The van der Waals surface area contributed by atoms with Gasteiger partial charge in [-0.1, -0.05) is 0 Å². The van der Waals surface area contributed by atoms with E-state index in [0.717, 1.165) is 16.4 Å². The van der Waals surface area contributed by atoms with Gasteiger partial charge in [0.25, 0.3) is 5.69 Å². The molecule has 0 radical (unpaired) electrons. The van der Waals surface area contributed by atoms with E-state index in [1.165, 1.54) is 0 Å². The third-order valence-corrected chi connectivity index (χ3v) is 4.77. The van der Waals surface area contributed by atoms with Gasteiger partial charge in [-0.25, -0.2) is 12.8 Å². The summed E-state index contributed by atoms with van der Waals surface area (Å²) >= 11 is 0. The summed E-state index contributed by atoms with van der Waals surface area (Å²) in [4.78, 5) is 9.03. The molecule has 1 aliphatic heterocycles. The second kappa shape index (κ2) is 4.83. The molecule has 0 amide bonds. The summed E-state index contributed by atoms with van der Waals surface area (Å²) < 4.78 is 38.8. The Hall–Kier alpha value is -1.58. The predicted octanol–water partition coefficient (Wildman–Crippen LogP) is 0.489. The van der Waals surface area contributed by atoms with Gasteiger partial charge in [-0.2, -0.15) is 4.31 Å². The Balaban J connectivity index is 2.38. The summed E-state index contributed by atoms with van der Waals surface area (Å²) in [7, 11) is -4.07. The summed E-state index contributed by atoms with van der Waals surface area (Å²) in [6, 6.07) is 2.37. The number of nitrogens with zero attached hydrogens (tertiary/aromatic N) is 2. The van der Waals surface area contributed by atoms with Crippen molar-refractivity contribution in [3.63, 3.8) is 0 Å². The van der Waals surface area contributed by atoms with Crippen molar-refractivity contribution in [1.29, 1.82) is 0 Å². The van der Waals surface area contributed by atoms with E-state index in [1.807, 2.05) is 0 Å². The van der Waals surface area contributed by atoms with Gasteiger partial charge in [-0.3, -0.25) is 10.1 Å². The number of non-ortho nitro benzene ring substituents is 1. The van der Waals surface area contributed by atoms with Gasteiger partial charge in [0.05, 0.1) is 17.1 Å². The lowest BCUT2D eigenvalue weighted by atomic mass is 10.3. The molecule has 1 atom stereocenters. The van der Waals surface area contributed by atoms with E-state index in [2.05, 4.69) is 0 Å². The van der Waals surface area contributed by atoms with Crippen LogP contribution in [0.4, 0.5) is 10.1 Å². The number of nitro groups is 1. The van der Waals surface area contributed by atoms with Crippen molar-refractivity contribution in [2.45, 2.75) is 17.4 Å². The number of benzene rings is 1. The highest BCUT2D eigenvalue weighted by molar-refractivity contribution is 7.89. The van der Waals surface area contributed by atoms with Gasteiger partial charge in [0.2, 0.25) is 10.0 Å². The Morgan fingerprint density at radius 2 is 2.16 bits per heavy atom. The first-order valence-corrected chi connectivity index (χ1v) is 6.88. The fraction of sp³-hybridized carbons (Fsp3) is 0.400. The van der Waals surface area contributed by atoms with Crippen molar-refractivity contribution < 1.29 is 22.8 Å². The van der Waals surface area contributed by atoms with E-state index in [9.17, 15) is 28.0 Å². The Kier molecular flexibility index (Phi) is 3.52. The van der Waals surface area contributed by atoms with Crippen LogP contribution in [0.5, 0.6) is 0 Å². The standard InChI is InChI=1S/C10H11FN2O5S/c11-9-5-7(13(15)16)1-2-10(9)19(17,18)12-4-3-8(14)6-12/h1-2,5,8,14H,3-4,6H2/t8-/m0/s1. The van der Waals surface area contributed by atoms with Crippen LogP contribution < -0.4 is 0 Å². The van der Waals surface area contributed by atoms with Crippen molar-refractivity contribution >= 4 is 15.7 Å². The monoisotopic (exact) mass is 290 g/mol. The van der Waals surface area contributed by atoms with Gasteiger partial charge in [0, 0.05) is 19.2 Å². The average molecular weight is 290 g/mol. The smallest absolute Gasteiger partial charge is 0.272 e. The van der Waals surface area contributed by atoms with Crippen LogP contribution in [0.3, 0.4) is 0 Å². The number of hydrogen-bond donors (Lipinski definition) is 1. The van der Waals surface area contributed by atoms with Gasteiger partial charge >= 0.3 is 0 Å². The number of aliphatic hydroxyl groups excluding tert-OH is 1. The number of nitro benzene ring substituents is 1. The number of β-amino-alcohol motifs (C(OH)–C–C–N with tert-alkyl or cyclic N) is 1. The van der Waals surface area contributed by atoms with E-state index in [4.69, 9.17) is 0 Å². The molecule has 0 aromatic heterocycles. The fourth-order valence-electron chi connectivity index (χ4n) is 1.88. The lowest BCUT2D eigenvalue weighted by Crippen LogP contribution is -2.30. The molecular weight excluding hydrogens is 279 g/mol. The third-order valence-electron chi connectivity index (χ3n) is 2.87. The van der Waals surface area contributed by atoms with Crippen LogP contribution in [-0.2, 0) is 10.0 Å². The molecule has 1 saturated heterocycles. The van der Waals surface area contributed by atoms with Crippen LogP contribution in [0.2, 0.25) is 0 Å². The number of sulfonamides is 1. The lowest BCUT2D eigenvalue weighted by Gasteiger charge is -2.15. The number of hydrogen-bond acceptors (Lipinski definition) is 5. The Labute approximate surface area is 108 Å². The first kappa shape index (κ1) is 13.8. The van der Waals surface area contributed by atoms with Crippen LogP contribution in [0.1, 0.15) is 6.42 Å². The maximum absolute atomic E-state index is 13.7. The molecule has 1 fully saturated rings. The van der Waals surface area contributed by atoms with E-state index in [1.54, 1.807) is 0 Å². The molecule has 19 heavy (non-hydrogen) atoms. The molecule has 7 nitrogen and oxygen atoms in total. The first-order chi connectivity index (χ1) is 8.82. The van der Waals surface area contributed by atoms with Crippen LogP contribution in [-0.4, -0.2) is 41.9 Å². The van der Waals surface area contributed by atoms with Crippen molar-refractivity contribution in [3.05, 3.63) is 34.1 Å². The topological polar surface area (TPSA) is 101 Å². The molecule has 1 heterocycles. The lowest BCUT2D eigenvalue weighted by molar-refractivity contribution is -0.385. The summed E-state index contributed by atoms with van der Waals surface area (Å²) in [6.07, 6.45) is -0.482. The van der Waals surface area contributed by atoms with Gasteiger partial charge in [-0.15, -0.1) is 0 Å². The number of halogens is 1. The highest BCUT2D eigenvalue weighted by Crippen LogP contribution is 2.25. The second-order valence-electron chi connectivity index (χ2n) is 4.18. The normalized spacial score (nSPS) is 20.6.